The molecule has 0 bridgehead atoms. The Labute approximate surface area is 157 Å². The quantitative estimate of drug-likeness (QED) is 0.604. The van der Waals surface area contributed by atoms with E-state index >= 15 is 0 Å². The highest BCUT2D eigenvalue weighted by Gasteiger charge is 2.42. The van der Waals surface area contributed by atoms with E-state index < -0.39 is 8.32 Å². The summed E-state index contributed by atoms with van der Waals surface area (Å²) >= 11 is 0. The van der Waals surface area contributed by atoms with E-state index in [4.69, 9.17) is 4.43 Å². The first-order valence-corrected chi connectivity index (χ1v) is 14.2. The van der Waals surface area contributed by atoms with Crippen LogP contribution in [0.3, 0.4) is 0 Å². The number of hydrogen-bond acceptors (Lipinski definition) is 2. The summed E-state index contributed by atoms with van der Waals surface area (Å²) in [6, 6.07) is 7.88. The van der Waals surface area contributed by atoms with Gasteiger partial charge in [0.25, 0.3) is 0 Å². The molecule has 2 rings (SSSR count). The Balaban J connectivity index is 2.11. The minimum absolute atomic E-state index is 0.184. The Hall–Kier alpha value is -0.686. The van der Waals surface area contributed by atoms with Gasteiger partial charge in [-0.05, 0) is 61.1 Å². The van der Waals surface area contributed by atoms with Gasteiger partial charge in [0.15, 0.2) is 8.32 Å². The molecule has 0 saturated heterocycles. The average Bonchev–Trinajstić information content (AvgIpc) is 2.89. The lowest BCUT2D eigenvalue weighted by Crippen LogP contribution is -2.45. The molecule has 1 aliphatic carbocycles. The molecule has 0 unspecified atom stereocenters. The van der Waals surface area contributed by atoms with Crippen LogP contribution in [-0.2, 0) is 4.43 Å². The molecule has 0 aliphatic heterocycles. The van der Waals surface area contributed by atoms with Crippen LogP contribution < -0.4 is 5.19 Å². The molecular weight excluding hydrogens is 340 g/mol. The third kappa shape index (κ3) is 4.73. The lowest BCUT2D eigenvalue weighted by atomic mass is 10.0. The molecule has 25 heavy (non-hydrogen) atoms. The van der Waals surface area contributed by atoms with E-state index in [2.05, 4.69) is 72.0 Å². The predicted octanol–water partition coefficient (Wildman–Crippen LogP) is 3.84. The molecule has 0 saturated carbocycles. The SMILES string of the molecule is Cc1cccc([SiH2]C[C@H]2C(CO)=CC[C@@H]2O[Si](C)(C)C(C)(C)C)c1C. The second kappa shape index (κ2) is 7.91. The summed E-state index contributed by atoms with van der Waals surface area (Å²) in [5.74, 6) is 0.408. The van der Waals surface area contributed by atoms with Gasteiger partial charge in [-0.2, -0.15) is 0 Å². The highest BCUT2D eigenvalue weighted by molar-refractivity contribution is 6.74. The van der Waals surface area contributed by atoms with Gasteiger partial charge in [-0.1, -0.05) is 50.2 Å². The van der Waals surface area contributed by atoms with Crippen LogP contribution in [0.25, 0.3) is 0 Å². The zero-order chi connectivity index (χ0) is 18.8. The maximum absolute atomic E-state index is 9.81. The lowest BCUT2D eigenvalue weighted by molar-refractivity contribution is 0.149. The van der Waals surface area contributed by atoms with Gasteiger partial charge >= 0.3 is 0 Å². The Bertz CT molecular complexity index is 629. The topological polar surface area (TPSA) is 29.5 Å². The van der Waals surface area contributed by atoms with Crippen LogP contribution in [0.5, 0.6) is 0 Å². The second-order valence-corrected chi connectivity index (χ2v) is 15.7. The van der Waals surface area contributed by atoms with Crippen LogP contribution in [0, 0.1) is 19.8 Å². The molecule has 1 aromatic carbocycles. The Morgan fingerprint density at radius 2 is 1.92 bits per heavy atom. The van der Waals surface area contributed by atoms with Crippen LogP contribution in [0.2, 0.25) is 24.2 Å². The summed E-state index contributed by atoms with van der Waals surface area (Å²) in [5.41, 5.74) is 4.06. The van der Waals surface area contributed by atoms with Crippen molar-refractivity contribution in [3.8, 4) is 0 Å². The Morgan fingerprint density at radius 3 is 2.52 bits per heavy atom. The van der Waals surface area contributed by atoms with Gasteiger partial charge in [-0.15, -0.1) is 0 Å². The molecule has 0 radical (unpaired) electrons. The highest BCUT2D eigenvalue weighted by Crippen LogP contribution is 2.41. The van der Waals surface area contributed by atoms with Crippen LogP contribution in [0.4, 0.5) is 0 Å². The van der Waals surface area contributed by atoms with Crippen molar-refractivity contribution in [1.82, 2.24) is 0 Å². The third-order valence-electron chi connectivity index (χ3n) is 6.41. The van der Waals surface area contributed by atoms with Gasteiger partial charge < -0.3 is 9.53 Å². The third-order valence-corrected chi connectivity index (χ3v) is 13.1. The number of hydrogen-bond donors (Lipinski definition) is 1. The number of aryl methyl sites for hydroxylation is 1. The minimum Gasteiger partial charge on any atom is -0.413 e. The molecule has 0 aromatic heterocycles. The van der Waals surface area contributed by atoms with Crippen LogP contribution in [0.1, 0.15) is 38.3 Å². The van der Waals surface area contributed by atoms with Gasteiger partial charge in [0.1, 0.15) is 0 Å². The molecule has 1 aliphatic rings. The summed E-state index contributed by atoms with van der Waals surface area (Å²) in [5, 5.41) is 11.6. The molecule has 0 heterocycles. The Kier molecular flexibility index (Phi) is 6.52. The molecule has 0 amide bonds. The van der Waals surface area contributed by atoms with Gasteiger partial charge in [0.05, 0.1) is 22.2 Å². The molecular formula is C21H36O2Si2. The van der Waals surface area contributed by atoms with E-state index in [9.17, 15) is 5.11 Å². The molecule has 0 fully saturated rings. The van der Waals surface area contributed by atoms with E-state index in [1.165, 1.54) is 22.7 Å². The Morgan fingerprint density at radius 1 is 1.24 bits per heavy atom. The number of aliphatic hydroxyl groups is 1. The van der Waals surface area contributed by atoms with Crippen molar-refractivity contribution in [2.24, 2.45) is 5.92 Å². The molecule has 1 aromatic rings. The van der Waals surface area contributed by atoms with Crippen molar-refractivity contribution in [3.05, 3.63) is 41.0 Å². The first-order valence-electron chi connectivity index (χ1n) is 9.59. The van der Waals surface area contributed by atoms with E-state index in [0.29, 0.717) is 5.92 Å². The van der Waals surface area contributed by atoms with E-state index in [1.807, 2.05) is 0 Å². The fraction of sp³-hybridized carbons (Fsp3) is 0.619. The van der Waals surface area contributed by atoms with Gasteiger partial charge in [0, 0.05) is 5.92 Å². The van der Waals surface area contributed by atoms with Crippen molar-refractivity contribution in [2.45, 2.75) is 71.3 Å². The maximum atomic E-state index is 9.81. The zero-order valence-corrected chi connectivity index (χ0v) is 19.6. The smallest absolute Gasteiger partial charge is 0.192 e. The first kappa shape index (κ1) is 20.6. The van der Waals surface area contributed by atoms with Crippen molar-refractivity contribution in [1.29, 1.82) is 0 Å². The fourth-order valence-electron chi connectivity index (χ4n) is 3.45. The normalized spacial score (nSPS) is 22.0. The predicted molar refractivity (Wildman–Crippen MR) is 114 cm³/mol. The van der Waals surface area contributed by atoms with Crippen molar-refractivity contribution >= 4 is 23.0 Å². The standard InChI is InChI=1S/C21H36O2Si2/c1-15-9-8-10-20(16(15)2)24-14-18-17(13-22)11-12-19(18)23-25(6,7)21(3,4)5/h8-11,18-19,22H,12-14,24H2,1-7H3/t18-,19-/m0/s1. The average molecular weight is 377 g/mol. The van der Waals surface area contributed by atoms with Crippen LogP contribution in [-0.4, -0.2) is 35.7 Å². The summed E-state index contributed by atoms with van der Waals surface area (Å²) in [6.07, 6.45) is 3.47. The van der Waals surface area contributed by atoms with Gasteiger partial charge in [0.2, 0.25) is 0 Å². The number of rotatable bonds is 6. The highest BCUT2D eigenvalue weighted by atomic mass is 28.4. The lowest BCUT2D eigenvalue weighted by Gasteiger charge is -2.40. The maximum Gasteiger partial charge on any atom is 0.192 e. The van der Waals surface area contributed by atoms with E-state index in [0.717, 1.165) is 6.42 Å². The van der Waals surface area contributed by atoms with E-state index in [-0.39, 0.29) is 27.3 Å². The molecule has 140 valence electrons. The molecule has 2 nitrogen and oxygen atoms in total. The molecule has 4 heteroatoms. The first-order chi connectivity index (χ1) is 11.6. The largest absolute Gasteiger partial charge is 0.413 e. The number of benzene rings is 1. The molecule has 1 N–H and O–H groups in total. The summed E-state index contributed by atoms with van der Waals surface area (Å²) in [7, 11) is -2.15. The zero-order valence-electron chi connectivity index (χ0n) is 17.1. The summed E-state index contributed by atoms with van der Waals surface area (Å²) in [6.45, 7) is 16.2. The monoisotopic (exact) mass is 376 g/mol. The van der Waals surface area contributed by atoms with Gasteiger partial charge in [-0.3, -0.25) is 0 Å². The fourth-order valence-corrected chi connectivity index (χ4v) is 7.15. The van der Waals surface area contributed by atoms with Crippen molar-refractivity contribution in [2.75, 3.05) is 6.61 Å². The minimum atomic E-state index is -1.78. The second-order valence-electron chi connectivity index (χ2n) is 9.09. The van der Waals surface area contributed by atoms with Gasteiger partial charge in [-0.25, -0.2) is 0 Å². The molecule has 0 spiro atoms. The molecule has 2 atom stereocenters. The summed E-state index contributed by atoms with van der Waals surface area (Å²) < 4.78 is 6.75. The van der Waals surface area contributed by atoms with Crippen molar-refractivity contribution in [3.63, 3.8) is 0 Å². The van der Waals surface area contributed by atoms with Crippen LogP contribution >= 0.6 is 0 Å². The summed E-state index contributed by atoms with van der Waals surface area (Å²) in [4.78, 5) is 0. The van der Waals surface area contributed by atoms with E-state index in [1.54, 1.807) is 5.19 Å². The number of aliphatic hydroxyl groups excluding tert-OH is 1. The van der Waals surface area contributed by atoms with Crippen molar-refractivity contribution < 1.29 is 9.53 Å². The van der Waals surface area contributed by atoms with Crippen LogP contribution in [0.15, 0.2) is 29.8 Å².